The molecule has 0 saturated carbocycles. The minimum Gasteiger partial charge on any atom is -0.356 e. The van der Waals surface area contributed by atoms with Crippen molar-refractivity contribution in [1.29, 1.82) is 0 Å². The van der Waals surface area contributed by atoms with Crippen molar-refractivity contribution in [2.45, 2.75) is 12.6 Å². The molecule has 1 aromatic carbocycles. The van der Waals surface area contributed by atoms with Crippen LogP contribution in [0.25, 0.3) is 0 Å². The first-order valence-corrected chi connectivity index (χ1v) is 8.67. The predicted molar refractivity (Wildman–Crippen MR) is 95.2 cm³/mol. The number of halogens is 4. The third-order valence-electron chi connectivity index (χ3n) is 3.22. The van der Waals surface area contributed by atoms with E-state index in [1.165, 1.54) is 25.2 Å². The number of guanidine groups is 1. The van der Waals surface area contributed by atoms with Crippen LogP contribution in [0, 0.1) is 5.82 Å². The van der Waals surface area contributed by atoms with Crippen molar-refractivity contribution in [3.63, 3.8) is 0 Å². The maximum Gasteiger partial charge on any atom is 0.434 e. The summed E-state index contributed by atoms with van der Waals surface area (Å²) in [6, 6.07) is 5.48. The van der Waals surface area contributed by atoms with Crippen LogP contribution in [0.5, 0.6) is 0 Å². The molecule has 146 valence electrons. The lowest BCUT2D eigenvalue weighted by atomic mass is 10.3. The number of hydrogen-bond acceptors (Lipinski definition) is 4. The third kappa shape index (κ3) is 6.85. The van der Waals surface area contributed by atoms with Crippen LogP contribution in [0.4, 0.5) is 23.2 Å². The lowest BCUT2D eigenvalue weighted by molar-refractivity contribution is -0.140. The number of carbonyl (C=O) groups excluding carboxylic acids is 1. The average Bonchev–Trinajstić information content (AvgIpc) is 3.07. The SMILES string of the molecule is CN=C(NCCc1nc(C(F)(F)F)cs1)NCC(=O)Nc1cccc(F)c1. The number of carbonyl (C=O) groups is 1. The van der Waals surface area contributed by atoms with Crippen molar-refractivity contribution >= 4 is 28.9 Å². The number of hydrogen-bond donors (Lipinski definition) is 3. The van der Waals surface area contributed by atoms with E-state index < -0.39 is 23.6 Å². The summed E-state index contributed by atoms with van der Waals surface area (Å²) in [5, 5.41) is 9.47. The van der Waals surface area contributed by atoms with Gasteiger partial charge >= 0.3 is 6.18 Å². The quantitative estimate of drug-likeness (QED) is 0.394. The monoisotopic (exact) mass is 403 g/mol. The second-order valence-corrected chi connectivity index (χ2v) is 6.23. The van der Waals surface area contributed by atoms with Crippen LogP contribution in [-0.2, 0) is 17.4 Å². The number of benzene rings is 1. The first-order valence-electron chi connectivity index (χ1n) is 7.79. The van der Waals surface area contributed by atoms with Crippen LogP contribution < -0.4 is 16.0 Å². The Morgan fingerprint density at radius 3 is 2.70 bits per heavy atom. The Balaban J connectivity index is 1.74. The molecule has 0 spiro atoms. The molecule has 0 fully saturated rings. The van der Waals surface area contributed by atoms with Gasteiger partial charge in [-0.3, -0.25) is 9.79 Å². The molecule has 0 saturated heterocycles. The van der Waals surface area contributed by atoms with E-state index in [-0.39, 0.29) is 19.5 Å². The molecule has 11 heteroatoms. The van der Waals surface area contributed by atoms with Crippen molar-refractivity contribution in [1.82, 2.24) is 15.6 Å². The van der Waals surface area contributed by atoms with Gasteiger partial charge in [0, 0.05) is 31.1 Å². The standard InChI is InChI=1S/C16H17F4N5OS/c1-21-15(22-6-5-14-25-12(9-27-14)16(18,19)20)23-8-13(26)24-11-4-2-3-10(17)7-11/h2-4,7,9H,5-6,8H2,1H3,(H,24,26)(H2,21,22,23). The zero-order chi connectivity index (χ0) is 19.9. The normalized spacial score (nSPS) is 12.0. The highest BCUT2D eigenvalue weighted by molar-refractivity contribution is 7.09. The Kier molecular flexibility index (Phi) is 7.11. The van der Waals surface area contributed by atoms with E-state index in [4.69, 9.17) is 0 Å². The number of anilines is 1. The summed E-state index contributed by atoms with van der Waals surface area (Å²) in [5.41, 5.74) is -0.576. The fraction of sp³-hybridized carbons (Fsp3) is 0.312. The Morgan fingerprint density at radius 2 is 2.07 bits per heavy atom. The van der Waals surface area contributed by atoms with Gasteiger partial charge in [0.25, 0.3) is 0 Å². The number of aliphatic imine (C=N–C) groups is 1. The molecule has 6 nitrogen and oxygen atoms in total. The van der Waals surface area contributed by atoms with Gasteiger partial charge in [0.05, 0.1) is 11.6 Å². The molecular weight excluding hydrogens is 386 g/mol. The molecule has 1 amide bonds. The molecule has 0 bridgehead atoms. The largest absolute Gasteiger partial charge is 0.434 e. The molecule has 0 atom stereocenters. The van der Waals surface area contributed by atoms with E-state index in [9.17, 15) is 22.4 Å². The van der Waals surface area contributed by atoms with Gasteiger partial charge in [-0.1, -0.05) is 6.07 Å². The van der Waals surface area contributed by atoms with Crippen LogP contribution in [0.1, 0.15) is 10.7 Å². The van der Waals surface area contributed by atoms with Crippen molar-refractivity contribution in [3.05, 3.63) is 46.2 Å². The molecule has 0 radical (unpaired) electrons. The first-order chi connectivity index (χ1) is 12.8. The number of thiazole rings is 1. The van der Waals surface area contributed by atoms with Crippen molar-refractivity contribution in [2.24, 2.45) is 4.99 Å². The number of nitrogens with one attached hydrogen (secondary N) is 3. The number of amides is 1. The Bertz CT molecular complexity index is 806. The summed E-state index contributed by atoms with van der Waals surface area (Å²) in [6.07, 6.45) is -4.17. The first kappa shape index (κ1) is 20.6. The molecule has 2 rings (SSSR count). The number of alkyl halides is 3. The van der Waals surface area contributed by atoms with Crippen LogP contribution in [0.2, 0.25) is 0 Å². The topological polar surface area (TPSA) is 78.4 Å². The van der Waals surface area contributed by atoms with Crippen molar-refractivity contribution < 1.29 is 22.4 Å². The lowest BCUT2D eigenvalue weighted by Gasteiger charge is -2.11. The molecule has 0 unspecified atom stereocenters. The van der Waals surface area contributed by atoms with Crippen molar-refractivity contribution in [3.8, 4) is 0 Å². The van der Waals surface area contributed by atoms with E-state index in [0.29, 0.717) is 16.7 Å². The maximum atomic E-state index is 13.1. The number of nitrogens with zero attached hydrogens (tertiary/aromatic N) is 2. The highest BCUT2D eigenvalue weighted by Crippen LogP contribution is 2.29. The summed E-state index contributed by atoms with van der Waals surface area (Å²) < 4.78 is 50.6. The average molecular weight is 403 g/mol. The molecule has 0 aliphatic carbocycles. The molecule has 2 aromatic rings. The van der Waals surface area contributed by atoms with E-state index >= 15 is 0 Å². The van der Waals surface area contributed by atoms with Crippen LogP contribution in [-0.4, -0.2) is 37.0 Å². The maximum absolute atomic E-state index is 13.1. The Morgan fingerprint density at radius 1 is 1.30 bits per heavy atom. The molecule has 1 aromatic heterocycles. The highest BCUT2D eigenvalue weighted by Gasteiger charge is 2.33. The molecule has 1 heterocycles. The molecular formula is C16H17F4N5OS. The Hall–Kier alpha value is -2.69. The van der Waals surface area contributed by atoms with Gasteiger partial charge < -0.3 is 16.0 Å². The smallest absolute Gasteiger partial charge is 0.356 e. The fourth-order valence-electron chi connectivity index (χ4n) is 2.00. The second kappa shape index (κ2) is 9.31. The summed E-state index contributed by atoms with van der Waals surface area (Å²) in [7, 11) is 1.49. The van der Waals surface area contributed by atoms with Gasteiger partial charge in [-0.2, -0.15) is 13.2 Å². The fourth-order valence-corrected chi connectivity index (χ4v) is 2.80. The minimum atomic E-state index is -4.45. The highest BCUT2D eigenvalue weighted by atomic mass is 32.1. The summed E-state index contributed by atoms with van der Waals surface area (Å²) in [6.45, 7) is 0.168. The number of rotatable bonds is 6. The van der Waals surface area contributed by atoms with Gasteiger partial charge in [0.2, 0.25) is 5.91 Å². The van der Waals surface area contributed by atoms with Gasteiger partial charge in [0.15, 0.2) is 11.7 Å². The molecule has 3 N–H and O–H groups in total. The lowest BCUT2D eigenvalue weighted by Crippen LogP contribution is -2.42. The predicted octanol–water partition coefficient (Wildman–Crippen LogP) is 2.65. The van der Waals surface area contributed by atoms with Gasteiger partial charge in [0.1, 0.15) is 5.82 Å². The summed E-state index contributed by atoms with van der Waals surface area (Å²) in [4.78, 5) is 19.3. The molecule has 0 aliphatic rings. The van der Waals surface area contributed by atoms with Crippen LogP contribution in [0.3, 0.4) is 0 Å². The second-order valence-electron chi connectivity index (χ2n) is 5.29. The van der Waals surface area contributed by atoms with Gasteiger partial charge in [-0.15, -0.1) is 11.3 Å². The summed E-state index contributed by atoms with van der Waals surface area (Å²) >= 11 is 0.930. The van der Waals surface area contributed by atoms with Gasteiger partial charge in [-0.25, -0.2) is 9.37 Å². The van der Waals surface area contributed by atoms with E-state index in [2.05, 4.69) is 25.9 Å². The van der Waals surface area contributed by atoms with Crippen LogP contribution >= 0.6 is 11.3 Å². The molecule has 27 heavy (non-hydrogen) atoms. The minimum absolute atomic E-state index is 0.119. The van der Waals surface area contributed by atoms with E-state index in [0.717, 1.165) is 16.7 Å². The summed E-state index contributed by atoms with van der Waals surface area (Å²) in [5.74, 6) is -0.565. The van der Waals surface area contributed by atoms with E-state index in [1.807, 2.05) is 0 Å². The van der Waals surface area contributed by atoms with Crippen molar-refractivity contribution in [2.75, 3.05) is 25.5 Å². The molecule has 0 aliphatic heterocycles. The van der Waals surface area contributed by atoms with E-state index in [1.54, 1.807) is 6.07 Å². The zero-order valence-electron chi connectivity index (χ0n) is 14.2. The third-order valence-corrected chi connectivity index (χ3v) is 4.13. The Labute approximate surface area is 156 Å². The van der Waals surface area contributed by atoms with Gasteiger partial charge in [-0.05, 0) is 18.2 Å². The number of aromatic nitrogens is 1. The zero-order valence-corrected chi connectivity index (χ0v) is 15.0. The van der Waals surface area contributed by atoms with Crippen LogP contribution in [0.15, 0.2) is 34.6 Å².